The van der Waals surface area contributed by atoms with Gasteiger partial charge in [-0.1, -0.05) is 6.92 Å². The molecule has 1 heterocycles. The van der Waals surface area contributed by atoms with Crippen LogP contribution in [0, 0.1) is 0 Å². The maximum Gasteiger partial charge on any atom is 0.0600 e. The molecule has 1 aromatic heterocycles. The van der Waals surface area contributed by atoms with Gasteiger partial charge in [0.25, 0.3) is 0 Å². The van der Waals surface area contributed by atoms with E-state index in [0.717, 1.165) is 12.6 Å². The van der Waals surface area contributed by atoms with Crippen molar-refractivity contribution in [1.82, 2.24) is 4.98 Å². The van der Waals surface area contributed by atoms with Crippen molar-refractivity contribution in [2.24, 2.45) is 0 Å². The molecule has 0 spiro atoms. The van der Waals surface area contributed by atoms with Crippen LogP contribution < -0.4 is 4.90 Å². The van der Waals surface area contributed by atoms with Gasteiger partial charge in [-0.3, -0.25) is 4.98 Å². The summed E-state index contributed by atoms with van der Waals surface area (Å²) in [5.41, 5.74) is 2.43. The third kappa shape index (κ3) is 2.43. The van der Waals surface area contributed by atoms with Crippen molar-refractivity contribution < 1.29 is 0 Å². The molecule has 82 valence electrons. The van der Waals surface area contributed by atoms with E-state index in [1.165, 1.54) is 30.5 Å². The summed E-state index contributed by atoms with van der Waals surface area (Å²) in [6.45, 7) is 3.33. The molecule has 1 saturated carbocycles. The summed E-state index contributed by atoms with van der Waals surface area (Å²) in [6.07, 6.45) is 7.57. The quantitative estimate of drug-likeness (QED) is 0.715. The molecule has 15 heavy (non-hydrogen) atoms. The second-order valence-electron chi connectivity index (χ2n) is 4.06. The van der Waals surface area contributed by atoms with Gasteiger partial charge in [-0.15, -0.1) is 11.6 Å². The Hall–Kier alpha value is -0.760. The molecular weight excluding hydrogens is 208 g/mol. The first-order chi connectivity index (χ1) is 7.36. The van der Waals surface area contributed by atoms with Gasteiger partial charge in [0.1, 0.15) is 0 Å². The summed E-state index contributed by atoms with van der Waals surface area (Å²) < 4.78 is 0. The average Bonchev–Trinajstić information content (AvgIpc) is 3.10. The standard InChI is InChI=1S/C12H17ClN2/c1-2-7-15(11-3-4-11)12-9-14-6-5-10(12)8-13/h5-6,9,11H,2-4,7-8H2,1H3. The van der Waals surface area contributed by atoms with E-state index in [0.29, 0.717) is 5.88 Å². The second kappa shape index (κ2) is 4.84. The molecule has 2 nitrogen and oxygen atoms in total. The molecular formula is C12H17ClN2. The summed E-state index contributed by atoms with van der Waals surface area (Å²) in [4.78, 5) is 6.67. The van der Waals surface area contributed by atoms with Crippen LogP contribution in [0.1, 0.15) is 31.7 Å². The number of rotatable bonds is 5. The largest absolute Gasteiger partial charge is 0.367 e. The van der Waals surface area contributed by atoms with Crippen molar-refractivity contribution in [3.8, 4) is 0 Å². The van der Waals surface area contributed by atoms with Gasteiger partial charge in [-0.25, -0.2) is 0 Å². The van der Waals surface area contributed by atoms with Crippen LogP contribution in [0.5, 0.6) is 0 Å². The molecule has 1 aromatic rings. The molecule has 2 rings (SSSR count). The van der Waals surface area contributed by atoms with Crippen LogP contribution >= 0.6 is 11.6 Å². The lowest BCUT2D eigenvalue weighted by Crippen LogP contribution is -2.27. The van der Waals surface area contributed by atoms with Gasteiger partial charge in [0.15, 0.2) is 0 Å². The maximum absolute atomic E-state index is 5.95. The molecule has 0 bridgehead atoms. The molecule has 0 atom stereocenters. The van der Waals surface area contributed by atoms with Crippen molar-refractivity contribution in [3.63, 3.8) is 0 Å². The minimum Gasteiger partial charge on any atom is -0.367 e. The Morgan fingerprint density at radius 3 is 2.93 bits per heavy atom. The van der Waals surface area contributed by atoms with Crippen molar-refractivity contribution in [1.29, 1.82) is 0 Å². The molecule has 0 amide bonds. The fourth-order valence-corrected chi connectivity index (χ4v) is 2.14. The molecule has 0 aliphatic heterocycles. The molecule has 0 saturated heterocycles. The van der Waals surface area contributed by atoms with Crippen molar-refractivity contribution in [2.75, 3.05) is 11.4 Å². The van der Waals surface area contributed by atoms with Gasteiger partial charge in [-0.05, 0) is 30.9 Å². The third-order valence-corrected chi connectivity index (χ3v) is 3.08. The summed E-state index contributed by atoms with van der Waals surface area (Å²) in [5, 5.41) is 0. The Bertz CT molecular complexity index is 323. The van der Waals surface area contributed by atoms with E-state index < -0.39 is 0 Å². The van der Waals surface area contributed by atoms with Gasteiger partial charge >= 0.3 is 0 Å². The van der Waals surface area contributed by atoms with Crippen LogP contribution in [0.15, 0.2) is 18.5 Å². The predicted molar refractivity (Wildman–Crippen MR) is 64.5 cm³/mol. The Balaban J connectivity index is 2.23. The number of hydrogen-bond donors (Lipinski definition) is 0. The third-order valence-electron chi connectivity index (χ3n) is 2.79. The number of halogens is 1. The van der Waals surface area contributed by atoms with E-state index in [2.05, 4.69) is 16.8 Å². The molecule has 3 heteroatoms. The first kappa shape index (κ1) is 10.7. The zero-order valence-electron chi connectivity index (χ0n) is 9.12. The lowest BCUT2D eigenvalue weighted by molar-refractivity contribution is 0.758. The molecule has 0 N–H and O–H groups in total. The van der Waals surface area contributed by atoms with Crippen LogP contribution in [0.2, 0.25) is 0 Å². The van der Waals surface area contributed by atoms with Crippen LogP contribution in [-0.4, -0.2) is 17.6 Å². The number of aromatic nitrogens is 1. The normalized spacial score (nSPS) is 15.3. The second-order valence-corrected chi connectivity index (χ2v) is 4.33. The molecule has 1 fully saturated rings. The summed E-state index contributed by atoms with van der Waals surface area (Å²) in [7, 11) is 0. The highest BCUT2D eigenvalue weighted by molar-refractivity contribution is 6.17. The van der Waals surface area contributed by atoms with Crippen LogP contribution in [0.3, 0.4) is 0 Å². The van der Waals surface area contributed by atoms with Crippen molar-refractivity contribution in [3.05, 3.63) is 24.0 Å². The van der Waals surface area contributed by atoms with Gasteiger partial charge < -0.3 is 4.90 Å². The SMILES string of the molecule is CCCN(c1cnccc1CCl)C1CC1. The molecule has 0 aromatic carbocycles. The predicted octanol–water partition coefficient (Wildman–Crippen LogP) is 3.20. The summed E-state index contributed by atoms with van der Waals surface area (Å²) >= 11 is 5.95. The van der Waals surface area contributed by atoms with E-state index in [4.69, 9.17) is 11.6 Å². The number of hydrogen-bond acceptors (Lipinski definition) is 2. The highest BCUT2D eigenvalue weighted by Crippen LogP contribution is 2.33. The van der Waals surface area contributed by atoms with Gasteiger partial charge in [0.05, 0.1) is 11.9 Å². The van der Waals surface area contributed by atoms with Crippen molar-refractivity contribution in [2.45, 2.75) is 38.1 Å². The minimum absolute atomic E-state index is 0.574. The zero-order valence-corrected chi connectivity index (χ0v) is 9.87. The topological polar surface area (TPSA) is 16.1 Å². The average molecular weight is 225 g/mol. The van der Waals surface area contributed by atoms with Crippen molar-refractivity contribution >= 4 is 17.3 Å². The smallest absolute Gasteiger partial charge is 0.0600 e. The van der Waals surface area contributed by atoms with E-state index >= 15 is 0 Å². The number of nitrogens with zero attached hydrogens (tertiary/aromatic N) is 2. The number of pyridine rings is 1. The van der Waals surface area contributed by atoms with E-state index in [1.807, 2.05) is 18.5 Å². The number of alkyl halides is 1. The number of anilines is 1. The molecule has 1 aliphatic rings. The Morgan fingerprint density at radius 1 is 1.53 bits per heavy atom. The minimum atomic E-state index is 0.574. The lowest BCUT2D eigenvalue weighted by atomic mass is 10.2. The Labute approximate surface area is 96.3 Å². The molecule has 0 unspecified atom stereocenters. The van der Waals surface area contributed by atoms with Crippen LogP contribution in [0.4, 0.5) is 5.69 Å². The van der Waals surface area contributed by atoms with E-state index in [-0.39, 0.29) is 0 Å². The lowest BCUT2D eigenvalue weighted by Gasteiger charge is -2.25. The Kier molecular flexibility index (Phi) is 3.47. The first-order valence-corrected chi connectivity index (χ1v) is 6.15. The highest BCUT2D eigenvalue weighted by Gasteiger charge is 2.29. The fourth-order valence-electron chi connectivity index (χ4n) is 1.91. The first-order valence-electron chi connectivity index (χ1n) is 5.62. The molecule has 1 aliphatic carbocycles. The summed E-state index contributed by atoms with van der Waals surface area (Å²) in [6, 6.07) is 2.75. The van der Waals surface area contributed by atoms with Crippen LogP contribution in [0.25, 0.3) is 0 Å². The van der Waals surface area contributed by atoms with Gasteiger partial charge in [-0.2, -0.15) is 0 Å². The monoisotopic (exact) mass is 224 g/mol. The zero-order chi connectivity index (χ0) is 10.7. The summed E-state index contributed by atoms with van der Waals surface area (Å²) in [5.74, 6) is 0.574. The van der Waals surface area contributed by atoms with E-state index in [1.54, 1.807) is 0 Å². The van der Waals surface area contributed by atoms with E-state index in [9.17, 15) is 0 Å². The Morgan fingerprint density at radius 2 is 2.33 bits per heavy atom. The maximum atomic E-state index is 5.95. The van der Waals surface area contributed by atoms with Crippen LogP contribution in [-0.2, 0) is 5.88 Å². The van der Waals surface area contributed by atoms with Gasteiger partial charge in [0, 0.05) is 24.7 Å². The van der Waals surface area contributed by atoms with Gasteiger partial charge in [0.2, 0.25) is 0 Å². The molecule has 0 radical (unpaired) electrons. The highest BCUT2D eigenvalue weighted by atomic mass is 35.5. The fraction of sp³-hybridized carbons (Fsp3) is 0.583.